The Balaban J connectivity index is 1.94. The summed E-state index contributed by atoms with van der Waals surface area (Å²) in [6.45, 7) is 2.31. The molecule has 74 valence electrons. The minimum absolute atomic E-state index is 0.953. The highest BCUT2D eigenvalue weighted by Gasteiger charge is 2.23. The summed E-state index contributed by atoms with van der Waals surface area (Å²) in [6.07, 6.45) is 14.4. The predicted octanol–water partition coefficient (Wildman–Crippen LogP) is 4.31. The first-order valence-corrected chi connectivity index (χ1v) is 6.03. The molecule has 0 nitrogen and oxygen atoms in total. The molecule has 13 heavy (non-hydrogen) atoms. The lowest BCUT2D eigenvalue weighted by atomic mass is 9.75. The first-order valence-electron chi connectivity index (χ1n) is 6.03. The van der Waals surface area contributed by atoms with Crippen LogP contribution in [0.1, 0.15) is 58.3 Å². The van der Waals surface area contributed by atoms with Crippen molar-refractivity contribution in [3.8, 4) is 0 Å². The second-order valence-electron chi connectivity index (χ2n) is 4.97. The maximum Gasteiger partial charge on any atom is -0.0202 e. The van der Waals surface area contributed by atoms with Crippen LogP contribution in [0.2, 0.25) is 0 Å². The van der Waals surface area contributed by atoms with Gasteiger partial charge in [0.1, 0.15) is 0 Å². The van der Waals surface area contributed by atoms with Gasteiger partial charge in [0.25, 0.3) is 0 Å². The lowest BCUT2D eigenvalue weighted by Gasteiger charge is -2.31. The topological polar surface area (TPSA) is 0 Å². The average Bonchev–Trinajstić information content (AvgIpc) is 2.19. The molecule has 0 N–H and O–H groups in total. The zero-order valence-corrected chi connectivity index (χ0v) is 8.89. The van der Waals surface area contributed by atoms with Crippen molar-refractivity contribution in [1.29, 1.82) is 0 Å². The van der Waals surface area contributed by atoms with Crippen LogP contribution in [0.4, 0.5) is 0 Å². The standard InChI is InChI=1S/C13H22/c1-11-6-5-9-13(10-11)12-7-3-2-4-8-12/h10,12-13H,2-9H2,1H3. The minimum atomic E-state index is 0.953. The molecule has 0 amide bonds. The molecule has 1 atom stereocenters. The van der Waals surface area contributed by atoms with Gasteiger partial charge >= 0.3 is 0 Å². The van der Waals surface area contributed by atoms with Gasteiger partial charge in [0.05, 0.1) is 0 Å². The van der Waals surface area contributed by atoms with Crippen LogP contribution < -0.4 is 0 Å². The summed E-state index contributed by atoms with van der Waals surface area (Å²) in [5.41, 5.74) is 1.65. The molecule has 0 radical (unpaired) electrons. The second kappa shape index (κ2) is 4.30. The number of allylic oxidation sites excluding steroid dienone is 2. The lowest BCUT2D eigenvalue weighted by molar-refractivity contribution is 0.265. The molecular weight excluding hydrogens is 156 g/mol. The summed E-state index contributed by atoms with van der Waals surface area (Å²) >= 11 is 0. The van der Waals surface area contributed by atoms with Gasteiger partial charge < -0.3 is 0 Å². The van der Waals surface area contributed by atoms with E-state index in [0.29, 0.717) is 0 Å². The van der Waals surface area contributed by atoms with Crippen LogP contribution in [0.15, 0.2) is 11.6 Å². The van der Waals surface area contributed by atoms with E-state index >= 15 is 0 Å². The van der Waals surface area contributed by atoms with E-state index in [9.17, 15) is 0 Å². The SMILES string of the molecule is CC1=CC(C2CCCCC2)CCC1. The van der Waals surface area contributed by atoms with E-state index in [1.54, 1.807) is 5.57 Å². The molecule has 0 aromatic rings. The van der Waals surface area contributed by atoms with Crippen molar-refractivity contribution in [2.45, 2.75) is 58.3 Å². The second-order valence-corrected chi connectivity index (χ2v) is 4.97. The fourth-order valence-corrected chi connectivity index (χ4v) is 3.08. The van der Waals surface area contributed by atoms with Crippen LogP contribution in [-0.2, 0) is 0 Å². The molecule has 0 aromatic carbocycles. The zero-order chi connectivity index (χ0) is 9.10. The average molecular weight is 178 g/mol. The Bertz CT molecular complexity index is 184. The highest BCUT2D eigenvalue weighted by atomic mass is 14.3. The van der Waals surface area contributed by atoms with Crippen molar-refractivity contribution in [1.82, 2.24) is 0 Å². The van der Waals surface area contributed by atoms with Crippen LogP contribution in [0.25, 0.3) is 0 Å². The van der Waals surface area contributed by atoms with E-state index in [2.05, 4.69) is 13.0 Å². The lowest BCUT2D eigenvalue weighted by Crippen LogP contribution is -2.18. The van der Waals surface area contributed by atoms with Crippen LogP contribution in [0.3, 0.4) is 0 Å². The van der Waals surface area contributed by atoms with Gasteiger partial charge in [-0.15, -0.1) is 0 Å². The van der Waals surface area contributed by atoms with Crippen molar-refractivity contribution in [3.05, 3.63) is 11.6 Å². The fraction of sp³-hybridized carbons (Fsp3) is 0.846. The maximum absolute atomic E-state index is 2.58. The van der Waals surface area contributed by atoms with Crippen molar-refractivity contribution < 1.29 is 0 Å². The highest BCUT2D eigenvalue weighted by molar-refractivity contribution is 5.06. The largest absolute Gasteiger partial charge is 0.0822 e. The Morgan fingerprint density at radius 1 is 1.00 bits per heavy atom. The molecule has 2 rings (SSSR count). The summed E-state index contributed by atoms with van der Waals surface area (Å²) in [6, 6.07) is 0. The van der Waals surface area contributed by atoms with E-state index in [1.807, 2.05) is 0 Å². The van der Waals surface area contributed by atoms with E-state index in [0.717, 1.165) is 11.8 Å². The molecule has 0 saturated heterocycles. The Labute approximate surface area is 82.4 Å². The molecule has 2 aliphatic carbocycles. The first kappa shape index (κ1) is 9.30. The normalized spacial score (nSPS) is 31.5. The van der Waals surface area contributed by atoms with E-state index < -0.39 is 0 Å². The monoisotopic (exact) mass is 178 g/mol. The molecule has 0 spiro atoms. The van der Waals surface area contributed by atoms with E-state index in [1.165, 1.54) is 51.4 Å². The number of hydrogen-bond acceptors (Lipinski definition) is 0. The Morgan fingerprint density at radius 2 is 1.77 bits per heavy atom. The quantitative estimate of drug-likeness (QED) is 0.525. The summed E-state index contributed by atoms with van der Waals surface area (Å²) in [5, 5.41) is 0. The molecule has 1 saturated carbocycles. The summed E-state index contributed by atoms with van der Waals surface area (Å²) in [5.74, 6) is 2.00. The molecule has 0 heterocycles. The third kappa shape index (κ3) is 2.36. The van der Waals surface area contributed by atoms with Crippen molar-refractivity contribution >= 4 is 0 Å². The van der Waals surface area contributed by atoms with Gasteiger partial charge in [0.2, 0.25) is 0 Å². The summed E-state index contributed by atoms with van der Waals surface area (Å²) < 4.78 is 0. The van der Waals surface area contributed by atoms with Crippen LogP contribution in [0, 0.1) is 11.8 Å². The molecule has 0 bridgehead atoms. The fourth-order valence-electron chi connectivity index (χ4n) is 3.08. The van der Waals surface area contributed by atoms with Crippen molar-refractivity contribution in [3.63, 3.8) is 0 Å². The van der Waals surface area contributed by atoms with Gasteiger partial charge in [0, 0.05) is 0 Å². The van der Waals surface area contributed by atoms with Gasteiger partial charge in [-0.2, -0.15) is 0 Å². The van der Waals surface area contributed by atoms with Gasteiger partial charge in [-0.3, -0.25) is 0 Å². The maximum atomic E-state index is 2.58. The third-order valence-corrected chi connectivity index (χ3v) is 3.86. The van der Waals surface area contributed by atoms with Crippen molar-refractivity contribution in [2.24, 2.45) is 11.8 Å². The summed E-state index contributed by atoms with van der Waals surface area (Å²) in [7, 11) is 0. The Morgan fingerprint density at radius 3 is 2.46 bits per heavy atom. The number of rotatable bonds is 1. The van der Waals surface area contributed by atoms with Crippen LogP contribution in [-0.4, -0.2) is 0 Å². The van der Waals surface area contributed by atoms with Gasteiger partial charge in [-0.25, -0.2) is 0 Å². The molecule has 2 aliphatic rings. The van der Waals surface area contributed by atoms with E-state index in [4.69, 9.17) is 0 Å². The molecule has 1 unspecified atom stereocenters. The first-order chi connectivity index (χ1) is 6.36. The highest BCUT2D eigenvalue weighted by Crippen LogP contribution is 2.36. The smallest absolute Gasteiger partial charge is 0.0202 e. The van der Waals surface area contributed by atoms with Crippen LogP contribution in [0.5, 0.6) is 0 Å². The van der Waals surface area contributed by atoms with E-state index in [-0.39, 0.29) is 0 Å². The molecule has 0 aromatic heterocycles. The third-order valence-electron chi connectivity index (χ3n) is 3.86. The number of hydrogen-bond donors (Lipinski definition) is 0. The molecule has 0 aliphatic heterocycles. The molecule has 1 fully saturated rings. The summed E-state index contributed by atoms with van der Waals surface area (Å²) in [4.78, 5) is 0. The minimum Gasteiger partial charge on any atom is -0.0822 e. The van der Waals surface area contributed by atoms with Crippen molar-refractivity contribution in [2.75, 3.05) is 0 Å². The van der Waals surface area contributed by atoms with Gasteiger partial charge in [-0.1, -0.05) is 30.9 Å². The van der Waals surface area contributed by atoms with Gasteiger partial charge in [0.15, 0.2) is 0 Å². The zero-order valence-electron chi connectivity index (χ0n) is 8.89. The predicted molar refractivity (Wildman–Crippen MR) is 57.7 cm³/mol. The Hall–Kier alpha value is -0.260. The molecular formula is C13H22. The van der Waals surface area contributed by atoms with Crippen LogP contribution >= 0.6 is 0 Å². The Kier molecular flexibility index (Phi) is 3.08. The van der Waals surface area contributed by atoms with Gasteiger partial charge in [-0.05, 0) is 50.9 Å². The molecule has 0 heteroatoms.